The highest BCUT2D eigenvalue weighted by Crippen LogP contribution is 2.23. The topological polar surface area (TPSA) is 58.4 Å². The molecule has 1 fully saturated rings. The average molecular weight is 429 g/mol. The van der Waals surface area contributed by atoms with Crippen molar-refractivity contribution in [3.63, 3.8) is 0 Å². The van der Waals surface area contributed by atoms with Crippen LogP contribution in [0.4, 0.5) is 0 Å². The molecule has 6 heteroatoms. The number of amides is 2. The molecule has 0 spiro atoms. The molecule has 32 heavy (non-hydrogen) atoms. The predicted molar refractivity (Wildman–Crippen MR) is 126 cm³/mol. The molecule has 0 aliphatic carbocycles. The molecule has 2 aromatic carbocycles. The molecule has 0 saturated carbocycles. The zero-order chi connectivity index (χ0) is 22.3. The maximum atomic E-state index is 12.8. The molecule has 1 aromatic heterocycles. The van der Waals surface area contributed by atoms with Crippen molar-refractivity contribution in [1.29, 1.82) is 0 Å². The summed E-state index contributed by atoms with van der Waals surface area (Å²) in [4.78, 5) is 28.3. The van der Waals surface area contributed by atoms with Crippen molar-refractivity contribution < 1.29 is 9.59 Å². The van der Waals surface area contributed by atoms with Crippen molar-refractivity contribution in [3.05, 3.63) is 84.1 Å². The van der Waals surface area contributed by atoms with Gasteiger partial charge in [0.15, 0.2) is 0 Å². The van der Waals surface area contributed by atoms with E-state index in [0.29, 0.717) is 39.1 Å². The average Bonchev–Trinajstić information content (AvgIpc) is 3.25. The number of benzene rings is 2. The van der Waals surface area contributed by atoms with E-state index in [1.165, 1.54) is 5.56 Å². The summed E-state index contributed by atoms with van der Waals surface area (Å²) < 4.78 is 1.91. The summed E-state index contributed by atoms with van der Waals surface area (Å²) in [6.45, 7) is 4.84. The van der Waals surface area contributed by atoms with Crippen molar-refractivity contribution in [1.82, 2.24) is 19.6 Å². The number of aromatic nitrogens is 2. The fraction of sp³-hybridized carbons (Fsp3) is 0.269. The lowest BCUT2D eigenvalue weighted by Crippen LogP contribution is -2.50. The first-order valence-corrected chi connectivity index (χ1v) is 11.1. The van der Waals surface area contributed by atoms with Gasteiger partial charge in [-0.15, -0.1) is 0 Å². The largest absolute Gasteiger partial charge is 0.339 e. The van der Waals surface area contributed by atoms with E-state index >= 15 is 0 Å². The molecular weight excluding hydrogens is 400 g/mol. The van der Waals surface area contributed by atoms with Gasteiger partial charge in [-0.05, 0) is 11.6 Å². The van der Waals surface area contributed by atoms with E-state index in [2.05, 4.69) is 12.1 Å². The second-order valence-electron chi connectivity index (χ2n) is 7.88. The van der Waals surface area contributed by atoms with E-state index in [-0.39, 0.29) is 11.8 Å². The Bertz CT molecular complexity index is 1080. The Morgan fingerprint density at radius 3 is 2.19 bits per heavy atom. The zero-order valence-electron chi connectivity index (χ0n) is 18.4. The van der Waals surface area contributed by atoms with Gasteiger partial charge in [0.1, 0.15) is 0 Å². The van der Waals surface area contributed by atoms with E-state index in [1.807, 2.05) is 77.3 Å². The third-order valence-electron chi connectivity index (χ3n) is 5.68. The van der Waals surface area contributed by atoms with Crippen LogP contribution in [0.25, 0.3) is 17.3 Å². The van der Waals surface area contributed by atoms with Gasteiger partial charge in [0.25, 0.3) is 0 Å². The third-order valence-corrected chi connectivity index (χ3v) is 5.68. The Kier molecular flexibility index (Phi) is 6.80. The minimum absolute atomic E-state index is 0.0385. The lowest BCUT2D eigenvalue weighted by Gasteiger charge is -2.34. The van der Waals surface area contributed by atoms with Crippen molar-refractivity contribution >= 4 is 17.9 Å². The molecule has 0 atom stereocenters. The maximum absolute atomic E-state index is 12.8. The van der Waals surface area contributed by atoms with Crippen LogP contribution < -0.4 is 0 Å². The van der Waals surface area contributed by atoms with Crippen LogP contribution >= 0.6 is 0 Å². The summed E-state index contributed by atoms with van der Waals surface area (Å²) in [5.74, 6) is 0.106. The van der Waals surface area contributed by atoms with Gasteiger partial charge >= 0.3 is 0 Å². The molecule has 0 radical (unpaired) electrons. The van der Waals surface area contributed by atoms with Gasteiger partial charge in [0, 0.05) is 56.0 Å². The van der Waals surface area contributed by atoms with E-state index in [4.69, 9.17) is 5.10 Å². The fourth-order valence-electron chi connectivity index (χ4n) is 3.90. The van der Waals surface area contributed by atoms with Crippen LogP contribution in [0.2, 0.25) is 0 Å². The predicted octanol–water partition coefficient (Wildman–Crippen LogP) is 3.69. The number of piperazine rings is 1. The van der Waals surface area contributed by atoms with Crippen molar-refractivity contribution in [3.8, 4) is 11.3 Å². The van der Waals surface area contributed by atoms with Crippen LogP contribution in [-0.2, 0) is 16.1 Å². The summed E-state index contributed by atoms with van der Waals surface area (Å²) in [7, 11) is 0. The van der Waals surface area contributed by atoms with E-state index in [0.717, 1.165) is 16.8 Å². The lowest BCUT2D eigenvalue weighted by atomic mass is 10.1. The first-order valence-electron chi connectivity index (χ1n) is 11.1. The highest BCUT2D eigenvalue weighted by molar-refractivity contribution is 5.93. The SMILES string of the molecule is CCC(=O)N1CCN(C(=O)/C=C/c2cn(Cc3ccccc3)nc2-c2ccccc2)CC1. The van der Waals surface area contributed by atoms with E-state index in [9.17, 15) is 9.59 Å². The van der Waals surface area contributed by atoms with Gasteiger partial charge < -0.3 is 9.80 Å². The van der Waals surface area contributed by atoms with Crippen LogP contribution in [0.15, 0.2) is 72.9 Å². The smallest absolute Gasteiger partial charge is 0.246 e. The van der Waals surface area contributed by atoms with Gasteiger partial charge in [-0.1, -0.05) is 67.6 Å². The number of hydrogen-bond donors (Lipinski definition) is 0. The summed E-state index contributed by atoms with van der Waals surface area (Å²) in [6.07, 6.45) is 5.95. The van der Waals surface area contributed by atoms with Crippen molar-refractivity contribution in [2.24, 2.45) is 0 Å². The highest BCUT2D eigenvalue weighted by atomic mass is 16.2. The molecule has 1 aliphatic heterocycles. The first-order chi connectivity index (χ1) is 15.6. The highest BCUT2D eigenvalue weighted by Gasteiger charge is 2.22. The van der Waals surface area contributed by atoms with Gasteiger partial charge in [-0.3, -0.25) is 14.3 Å². The van der Waals surface area contributed by atoms with Crippen LogP contribution in [0, 0.1) is 0 Å². The molecule has 6 nitrogen and oxygen atoms in total. The molecular formula is C26H28N4O2. The standard InChI is InChI=1S/C26H28N4O2/c1-2-24(31)28-15-17-29(18-16-28)25(32)14-13-23-20-30(19-21-9-5-3-6-10-21)27-26(23)22-11-7-4-8-12-22/h3-14,20H,2,15-19H2,1H3/b14-13+. The molecule has 2 amide bonds. The second kappa shape index (κ2) is 10.1. The van der Waals surface area contributed by atoms with Crippen LogP contribution in [0.1, 0.15) is 24.5 Å². The molecule has 2 heterocycles. The molecule has 3 aromatic rings. The number of nitrogens with zero attached hydrogens (tertiary/aromatic N) is 4. The van der Waals surface area contributed by atoms with Gasteiger partial charge in [-0.2, -0.15) is 5.10 Å². The molecule has 1 saturated heterocycles. The Hall–Kier alpha value is -3.67. The summed E-state index contributed by atoms with van der Waals surface area (Å²) in [6, 6.07) is 20.2. The molecule has 0 bridgehead atoms. The van der Waals surface area contributed by atoms with Crippen molar-refractivity contribution in [2.45, 2.75) is 19.9 Å². The fourth-order valence-corrected chi connectivity index (χ4v) is 3.90. The minimum Gasteiger partial charge on any atom is -0.339 e. The van der Waals surface area contributed by atoms with Crippen LogP contribution in [0.5, 0.6) is 0 Å². The Labute approximate surface area is 188 Å². The second-order valence-corrected chi connectivity index (χ2v) is 7.88. The summed E-state index contributed by atoms with van der Waals surface area (Å²) in [5, 5.41) is 4.80. The van der Waals surface area contributed by atoms with E-state index < -0.39 is 0 Å². The molecule has 1 aliphatic rings. The van der Waals surface area contributed by atoms with Crippen molar-refractivity contribution in [2.75, 3.05) is 26.2 Å². The molecule has 0 unspecified atom stereocenters. The zero-order valence-corrected chi connectivity index (χ0v) is 18.4. The Balaban J connectivity index is 1.51. The number of carbonyl (C=O) groups excluding carboxylic acids is 2. The molecule has 0 N–H and O–H groups in total. The number of rotatable bonds is 6. The Morgan fingerprint density at radius 1 is 0.906 bits per heavy atom. The summed E-state index contributed by atoms with van der Waals surface area (Å²) >= 11 is 0. The van der Waals surface area contributed by atoms with Crippen LogP contribution in [-0.4, -0.2) is 57.6 Å². The molecule has 164 valence electrons. The third kappa shape index (κ3) is 5.14. The number of carbonyl (C=O) groups is 2. The van der Waals surface area contributed by atoms with E-state index in [1.54, 1.807) is 11.0 Å². The molecule has 4 rings (SSSR count). The normalized spacial score (nSPS) is 14.2. The van der Waals surface area contributed by atoms with Gasteiger partial charge in [-0.25, -0.2) is 0 Å². The monoisotopic (exact) mass is 428 g/mol. The minimum atomic E-state index is -0.0385. The van der Waals surface area contributed by atoms with Crippen LogP contribution in [0.3, 0.4) is 0 Å². The van der Waals surface area contributed by atoms with Gasteiger partial charge in [0.2, 0.25) is 11.8 Å². The summed E-state index contributed by atoms with van der Waals surface area (Å²) in [5.41, 5.74) is 3.93. The number of hydrogen-bond acceptors (Lipinski definition) is 3. The van der Waals surface area contributed by atoms with Gasteiger partial charge in [0.05, 0.1) is 12.2 Å². The maximum Gasteiger partial charge on any atom is 0.246 e. The quantitative estimate of drug-likeness (QED) is 0.563. The lowest BCUT2D eigenvalue weighted by molar-refractivity contribution is -0.136. The Morgan fingerprint density at radius 2 is 1.53 bits per heavy atom. The first kappa shape index (κ1) is 21.6.